The van der Waals surface area contributed by atoms with Crippen molar-refractivity contribution < 1.29 is 9.90 Å². The molecule has 3 nitrogen and oxygen atoms in total. The second-order valence-corrected chi connectivity index (χ2v) is 4.12. The highest BCUT2D eigenvalue weighted by molar-refractivity contribution is 6.01. The highest BCUT2D eigenvalue weighted by atomic mass is 16.4. The maximum Gasteiger partial charge on any atom is 0.312 e. The number of aliphatic carboxylic acids is 1. The molecule has 1 rings (SSSR count). The van der Waals surface area contributed by atoms with E-state index in [2.05, 4.69) is 11.9 Å². The van der Waals surface area contributed by atoms with Gasteiger partial charge in [-0.15, -0.1) is 0 Å². The molecule has 0 bridgehead atoms. The van der Waals surface area contributed by atoms with Crippen LogP contribution in [0.5, 0.6) is 0 Å². The van der Waals surface area contributed by atoms with Gasteiger partial charge in [0.05, 0.1) is 11.6 Å². The number of carboxylic acid groups (broad SMARTS) is 1. The van der Waals surface area contributed by atoms with E-state index in [4.69, 9.17) is 5.11 Å². The molecule has 1 atom stereocenters. The van der Waals surface area contributed by atoms with E-state index in [0.717, 1.165) is 18.5 Å². The van der Waals surface area contributed by atoms with E-state index in [0.29, 0.717) is 12.1 Å². The van der Waals surface area contributed by atoms with Crippen molar-refractivity contribution in [2.45, 2.75) is 33.1 Å². The van der Waals surface area contributed by atoms with Crippen LogP contribution in [0, 0.1) is 5.92 Å². The van der Waals surface area contributed by atoms with Crippen LogP contribution in [-0.2, 0) is 4.79 Å². The van der Waals surface area contributed by atoms with Gasteiger partial charge in [0.1, 0.15) is 0 Å². The van der Waals surface area contributed by atoms with Gasteiger partial charge in [0.15, 0.2) is 0 Å². The molecule has 0 radical (unpaired) electrons. The summed E-state index contributed by atoms with van der Waals surface area (Å²) in [5.74, 6) is -1.24. The normalized spacial score (nSPS) is 13.4. The van der Waals surface area contributed by atoms with E-state index in [1.54, 1.807) is 6.92 Å². The molecule has 0 aliphatic rings. The first-order valence-electron chi connectivity index (χ1n) is 5.98. The number of benzene rings is 1. The van der Waals surface area contributed by atoms with Gasteiger partial charge in [-0.1, -0.05) is 38.0 Å². The van der Waals surface area contributed by atoms with E-state index in [-0.39, 0.29) is 0 Å². The van der Waals surface area contributed by atoms with Crippen molar-refractivity contribution in [2.24, 2.45) is 10.9 Å². The molecular formula is C14H19NO2. The van der Waals surface area contributed by atoms with Crippen LogP contribution < -0.4 is 0 Å². The Hall–Kier alpha value is -1.64. The van der Waals surface area contributed by atoms with Gasteiger partial charge in [0.2, 0.25) is 0 Å². The molecule has 0 aliphatic carbocycles. The van der Waals surface area contributed by atoms with E-state index >= 15 is 0 Å². The maximum atomic E-state index is 11.2. The standard InChI is InChI=1S/C14H19NO2/c1-3-4-10-13(14(16)17)11(2)15-12-8-6-5-7-9-12/h5-9,13H,3-4,10H2,1-2H3,(H,16,17). The zero-order valence-corrected chi connectivity index (χ0v) is 10.4. The van der Waals surface area contributed by atoms with Gasteiger partial charge in [-0.05, 0) is 25.5 Å². The van der Waals surface area contributed by atoms with E-state index in [1.165, 1.54) is 0 Å². The molecule has 17 heavy (non-hydrogen) atoms. The quantitative estimate of drug-likeness (QED) is 0.762. The third kappa shape index (κ3) is 4.39. The Bertz CT molecular complexity index is 384. The minimum atomic E-state index is -0.782. The molecule has 0 amide bonds. The average Bonchev–Trinajstić information content (AvgIpc) is 2.30. The van der Waals surface area contributed by atoms with Crippen molar-refractivity contribution in [1.29, 1.82) is 0 Å². The lowest BCUT2D eigenvalue weighted by molar-refractivity contribution is -0.139. The number of rotatable bonds is 6. The number of hydrogen-bond acceptors (Lipinski definition) is 2. The van der Waals surface area contributed by atoms with Crippen LogP contribution in [0.4, 0.5) is 5.69 Å². The van der Waals surface area contributed by atoms with Crippen LogP contribution >= 0.6 is 0 Å². The predicted octanol–water partition coefficient (Wildman–Crippen LogP) is 3.67. The lowest BCUT2D eigenvalue weighted by Crippen LogP contribution is -2.21. The second-order valence-electron chi connectivity index (χ2n) is 4.12. The average molecular weight is 233 g/mol. The Morgan fingerprint density at radius 3 is 2.53 bits per heavy atom. The van der Waals surface area contributed by atoms with Crippen LogP contribution in [0.15, 0.2) is 35.3 Å². The molecule has 3 heteroatoms. The number of carboxylic acids is 1. The van der Waals surface area contributed by atoms with Gasteiger partial charge in [-0.25, -0.2) is 0 Å². The zero-order valence-electron chi connectivity index (χ0n) is 10.4. The second kappa shape index (κ2) is 6.84. The fourth-order valence-electron chi connectivity index (χ4n) is 1.70. The third-order valence-electron chi connectivity index (χ3n) is 2.71. The molecule has 1 unspecified atom stereocenters. The van der Waals surface area contributed by atoms with Crippen molar-refractivity contribution >= 4 is 17.4 Å². The highest BCUT2D eigenvalue weighted by Gasteiger charge is 2.19. The highest BCUT2D eigenvalue weighted by Crippen LogP contribution is 2.16. The van der Waals surface area contributed by atoms with E-state index < -0.39 is 11.9 Å². The summed E-state index contributed by atoms with van der Waals surface area (Å²) in [5.41, 5.74) is 1.49. The summed E-state index contributed by atoms with van der Waals surface area (Å²) in [7, 11) is 0. The number of unbranched alkanes of at least 4 members (excludes halogenated alkanes) is 1. The van der Waals surface area contributed by atoms with Gasteiger partial charge in [0.25, 0.3) is 0 Å². The first-order valence-corrected chi connectivity index (χ1v) is 5.98. The summed E-state index contributed by atoms with van der Waals surface area (Å²) in [5, 5.41) is 9.17. The smallest absolute Gasteiger partial charge is 0.312 e. The Labute approximate surface area is 102 Å². The molecule has 0 saturated carbocycles. The van der Waals surface area contributed by atoms with E-state index in [1.807, 2.05) is 30.3 Å². The minimum Gasteiger partial charge on any atom is -0.481 e. The summed E-state index contributed by atoms with van der Waals surface area (Å²) >= 11 is 0. The molecule has 1 aromatic rings. The molecule has 0 aliphatic heterocycles. The van der Waals surface area contributed by atoms with Gasteiger partial charge in [-0.2, -0.15) is 0 Å². The largest absolute Gasteiger partial charge is 0.481 e. The fraction of sp³-hybridized carbons (Fsp3) is 0.429. The van der Waals surface area contributed by atoms with Crippen molar-refractivity contribution in [1.82, 2.24) is 0 Å². The third-order valence-corrected chi connectivity index (χ3v) is 2.71. The number of carbonyl (C=O) groups is 1. The molecule has 0 aromatic heterocycles. The minimum absolute atomic E-state index is 0.463. The maximum absolute atomic E-state index is 11.2. The molecule has 0 spiro atoms. The van der Waals surface area contributed by atoms with Gasteiger partial charge in [-0.3, -0.25) is 9.79 Å². The van der Waals surface area contributed by atoms with Crippen LogP contribution in [0.3, 0.4) is 0 Å². The molecule has 1 aromatic carbocycles. The Morgan fingerprint density at radius 1 is 1.35 bits per heavy atom. The predicted molar refractivity (Wildman–Crippen MR) is 69.9 cm³/mol. The van der Waals surface area contributed by atoms with Crippen LogP contribution in [0.2, 0.25) is 0 Å². The topological polar surface area (TPSA) is 49.7 Å². The lowest BCUT2D eigenvalue weighted by atomic mass is 9.97. The molecule has 1 N–H and O–H groups in total. The first-order chi connectivity index (χ1) is 8.15. The summed E-state index contributed by atoms with van der Waals surface area (Å²) < 4.78 is 0. The van der Waals surface area contributed by atoms with Crippen LogP contribution in [-0.4, -0.2) is 16.8 Å². The summed E-state index contributed by atoms with van der Waals surface area (Å²) in [4.78, 5) is 15.5. The van der Waals surface area contributed by atoms with Gasteiger partial charge in [0, 0.05) is 5.71 Å². The zero-order chi connectivity index (χ0) is 12.7. The Kier molecular flexibility index (Phi) is 5.40. The van der Waals surface area contributed by atoms with Crippen molar-refractivity contribution in [3.63, 3.8) is 0 Å². The molecule has 0 heterocycles. The SMILES string of the molecule is CCCCC(C(=O)O)C(C)=Nc1ccccc1. The molecular weight excluding hydrogens is 214 g/mol. The number of nitrogens with zero attached hydrogens (tertiary/aromatic N) is 1. The first kappa shape index (κ1) is 13.4. The molecule has 92 valence electrons. The van der Waals surface area contributed by atoms with Crippen molar-refractivity contribution in [2.75, 3.05) is 0 Å². The Morgan fingerprint density at radius 2 is 2.00 bits per heavy atom. The van der Waals surface area contributed by atoms with E-state index in [9.17, 15) is 4.79 Å². The summed E-state index contributed by atoms with van der Waals surface area (Å²) in [6.45, 7) is 3.85. The number of para-hydroxylation sites is 1. The summed E-state index contributed by atoms with van der Waals surface area (Å²) in [6.07, 6.45) is 2.58. The van der Waals surface area contributed by atoms with Gasteiger partial charge < -0.3 is 5.11 Å². The fourth-order valence-corrected chi connectivity index (χ4v) is 1.70. The monoisotopic (exact) mass is 233 g/mol. The van der Waals surface area contributed by atoms with Gasteiger partial charge >= 0.3 is 5.97 Å². The summed E-state index contributed by atoms with van der Waals surface area (Å²) in [6, 6.07) is 9.46. The lowest BCUT2D eigenvalue weighted by Gasteiger charge is -2.11. The number of hydrogen-bond donors (Lipinski definition) is 1. The van der Waals surface area contributed by atoms with Crippen LogP contribution in [0.1, 0.15) is 33.1 Å². The number of aliphatic imine (C=N–C) groups is 1. The molecule has 0 saturated heterocycles. The van der Waals surface area contributed by atoms with Crippen molar-refractivity contribution in [3.8, 4) is 0 Å². The van der Waals surface area contributed by atoms with Crippen molar-refractivity contribution in [3.05, 3.63) is 30.3 Å². The van der Waals surface area contributed by atoms with Crippen LogP contribution in [0.25, 0.3) is 0 Å². The Balaban J connectivity index is 2.80. The molecule has 0 fully saturated rings.